The topological polar surface area (TPSA) is 58.1 Å². The molecule has 0 atom stereocenters. The van der Waals surface area contributed by atoms with Gasteiger partial charge in [-0.2, -0.15) is 0 Å². The van der Waals surface area contributed by atoms with Crippen molar-refractivity contribution in [2.75, 3.05) is 6.54 Å². The van der Waals surface area contributed by atoms with Crippen LogP contribution >= 0.6 is 0 Å². The molecule has 0 aromatic carbocycles. The maximum atomic E-state index is 11.5. The maximum Gasteiger partial charge on any atom is 0.269 e. The van der Waals surface area contributed by atoms with Crippen LogP contribution in [-0.2, 0) is 24.8 Å². The highest BCUT2D eigenvalue weighted by Gasteiger charge is 2.22. The number of fused-ring (bicyclic) bond motifs is 1. The van der Waals surface area contributed by atoms with Crippen molar-refractivity contribution in [3.8, 4) is 0 Å². The van der Waals surface area contributed by atoms with E-state index >= 15 is 0 Å². The zero-order valence-electron chi connectivity index (χ0n) is 8.33. The maximum absolute atomic E-state index is 11.5. The van der Waals surface area contributed by atoms with E-state index in [-0.39, 0.29) is 11.5 Å². The molecule has 76 valence electrons. The second-order valence-corrected chi connectivity index (χ2v) is 3.62. The third kappa shape index (κ3) is 1.25. The average Bonchev–Trinajstić information content (AvgIpc) is 2.42. The molecule has 2 rings (SSSR count). The van der Waals surface area contributed by atoms with Crippen molar-refractivity contribution >= 4 is 5.91 Å². The van der Waals surface area contributed by atoms with Crippen LogP contribution in [0.1, 0.15) is 18.2 Å². The third-order valence-corrected chi connectivity index (χ3v) is 2.66. The Hall–Kier alpha value is -1.52. The Morgan fingerprint density at radius 1 is 1.50 bits per heavy atom. The van der Waals surface area contributed by atoms with Crippen LogP contribution < -0.4 is 5.56 Å². The lowest BCUT2D eigenvalue weighted by molar-refractivity contribution is -0.129. The molecule has 0 bridgehead atoms. The predicted octanol–water partition coefficient (Wildman–Crippen LogP) is -0.382. The van der Waals surface area contributed by atoms with Gasteiger partial charge in [0, 0.05) is 26.1 Å². The summed E-state index contributed by atoms with van der Waals surface area (Å²) in [7, 11) is 1.69. The standard InChI is InChI=1S/C9H13N3O2/c1-6(13)12-4-3-7-8(5-12)10-11(2)9(7)14/h10H,3-5H2,1-2H3. The largest absolute Gasteiger partial charge is 0.337 e. The van der Waals surface area contributed by atoms with Gasteiger partial charge in [0.2, 0.25) is 5.91 Å². The lowest BCUT2D eigenvalue weighted by Crippen LogP contribution is -2.35. The Bertz CT molecular complexity index is 430. The fourth-order valence-electron chi connectivity index (χ4n) is 1.83. The Labute approximate surface area is 81.3 Å². The van der Waals surface area contributed by atoms with E-state index in [2.05, 4.69) is 5.10 Å². The summed E-state index contributed by atoms with van der Waals surface area (Å²) < 4.78 is 1.47. The smallest absolute Gasteiger partial charge is 0.269 e. The highest BCUT2D eigenvalue weighted by atomic mass is 16.2. The average molecular weight is 195 g/mol. The molecular weight excluding hydrogens is 182 g/mol. The second-order valence-electron chi connectivity index (χ2n) is 3.62. The minimum Gasteiger partial charge on any atom is -0.337 e. The third-order valence-electron chi connectivity index (χ3n) is 2.66. The summed E-state index contributed by atoms with van der Waals surface area (Å²) in [5.41, 5.74) is 1.73. The zero-order valence-corrected chi connectivity index (χ0v) is 8.33. The molecule has 1 amide bonds. The van der Waals surface area contributed by atoms with E-state index in [0.29, 0.717) is 19.5 Å². The highest BCUT2D eigenvalue weighted by molar-refractivity contribution is 5.73. The molecule has 0 radical (unpaired) electrons. The first-order valence-electron chi connectivity index (χ1n) is 4.62. The molecule has 1 aromatic rings. The van der Waals surface area contributed by atoms with Gasteiger partial charge < -0.3 is 4.90 Å². The molecule has 5 heteroatoms. The van der Waals surface area contributed by atoms with E-state index in [1.807, 2.05) is 0 Å². The highest BCUT2D eigenvalue weighted by Crippen LogP contribution is 2.13. The summed E-state index contributed by atoms with van der Waals surface area (Å²) in [6.45, 7) is 2.72. The van der Waals surface area contributed by atoms with E-state index in [4.69, 9.17) is 0 Å². The van der Waals surface area contributed by atoms with Gasteiger partial charge in [0.25, 0.3) is 5.56 Å². The van der Waals surface area contributed by atoms with Crippen LogP contribution in [-0.4, -0.2) is 27.1 Å². The molecule has 1 N–H and O–H groups in total. The van der Waals surface area contributed by atoms with Gasteiger partial charge >= 0.3 is 0 Å². The molecular formula is C9H13N3O2. The quantitative estimate of drug-likeness (QED) is 0.613. The van der Waals surface area contributed by atoms with Crippen molar-refractivity contribution in [2.45, 2.75) is 19.9 Å². The summed E-state index contributed by atoms with van der Waals surface area (Å²) >= 11 is 0. The van der Waals surface area contributed by atoms with Crippen molar-refractivity contribution in [1.29, 1.82) is 0 Å². The number of aromatic amines is 1. The number of carbonyl (C=O) groups is 1. The Kier molecular flexibility index (Phi) is 1.94. The molecule has 0 unspecified atom stereocenters. The number of hydrogen-bond acceptors (Lipinski definition) is 2. The number of nitrogens with one attached hydrogen (secondary N) is 1. The van der Waals surface area contributed by atoms with Gasteiger partial charge in [0.05, 0.1) is 12.2 Å². The molecule has 0 spiro atoms. The molecule has 1 aliphatic heterocycles. The minimum absolute atomic E-state index is 0.0307. The fraction of sp³-hybridized carbons (Fsp3) is 0.556. The summed E-state index contributed by atoms with van der Waals surface area (Å²) in [6, 6.07) is 0. The molecule has 0 fully saturated rings. The van der Waals surface area contributed by atoms with Crippen molar-refractivity contribution in [3.05, 3.63) is 21.6 Å². The molecule has 0 saturated heterocycles. The molecule has 1 aliphatic rings. The number of hydrogen-bond donors (Lipinski definition) is 1. The summed E-state index contributed by atoms with van der Waals surface area (Å²) in [5, 5.41) is 2.96. The SMILES string of the molecule is CC(=O)N1CCc2c([nH]n(C)c2=O)C1. The number of H-pyrrole nitrogens is 1. The number of nitrogens with zero attached hydrogens (tertiary/aromatic N) is 2. The zero-order chi connectivity index (χ0) is 10.3. The van der Waals surface area contributed by atoms with Crippen molar-refractivity contribution in [1.82, 2.24) is 14.7 Å². The van der Waals surface area contributed by atoms with Crippen LogP contribution in [0, 0.1) is 0 Å². The predicted molar refractivity (Wildman–Crippen MR) is 50.8 cm³/mol. The summed E-state index contributed by atoms with van der Waals surface area (Å²) in [6.07, 6.45) is 0.658. The van der Waals surface area contributed by atoms with Crippen LogP contribution in [0.15, 0.2) is 4.79 Å². The lowest BCUT2D eigenvalue weighted by Gasteiger charge is -2.24. The van der Waals surface area contributed by atoms with Gasteiger partial charge in [-0.3, -0.25) is 19.4 Å². The number of carbonyl (C=O) groups excluding carboxylic acids is 1. The Morgan fingerprint density at radius 2 is 2.21 bits per heavy atom. The van der Waals surface area contributed by atoms with Gasteiger partial charge in [-0.05, 0) is 6.42 Å². The normalized spacial score (nSPS) is 15.4. The number of aromatic nitrogens is 2. The van der Waals surface area contributed by atoms with Crippen LogP contribution in [0.3, 0.4) is 0 Å². The molecule has 2 heterocycles. The van der Waals surface area contributed by atoms with Crippen LogP contribution in [0.2, 0.25) is 0 Å². The molecule has 5 nitrogen and oxygen atoms in total. The summed E-state index contributed by atoms with van der Waals surface area (Å²) in [5.74, 6) is 0.0559. The second kappa shape index (κ2) is 3.01. The van der Waals surface area contributed by atoms with Crippen LogP contribution in [0.5, 0.6) is 0 Å². The number of amides is 1. The molecule has 0 saturated carbocycles. The van der Waals surface area contributed by atoms with Gasteiger partial charge in [-0.25, -0.2) is 0 Å². The van der Waals surface area contributed by atoms with E-state index in [0.717, 1.165) is 11.3 Å². The molecule has 1 aromatic heterocycles. The number of rotatable bonds is 0. The monoisotopic (exact) mass is 195 g/mol. The lowest BCUT2D eigenvalue weighted by atomic mass is 10.1. The molecule has 0 aliphatic carbocycles. The fourth-order valence-corrected chi connectivity index (χ4v) is 1.83. The van der Waals surface area contributed by atoms with Gasteiger partial charge in [0.15, 0.2) is 0 Å². The van der Waals surface area contributed by atoms with Crippen molar-refractivity contribution in [2.24, 2.45) is 7.05 Å². The van der Waals surface area contributed by atoms with E-state index in [1.165, 1.54) is 4.68 Å². The van der Waals surface area contributed by atoms with E-state index < -0.39 is 0 Å². The number of aryl methyl sites for hydroxylation is 1. The first-order chi connectivity index (χ1) is 6.59. The van der Waals surface area contributed by atoms with Gasteiger partial charge in [-0.15, -0.1) is 0 Å². The first kappa shape index (κ1) is 9.05. The van der Waals surface area contributed by atoms with Gasteiger partial charge in [0.1, 0.15) is 0 Å². The van der Waals surface area contributed by atoms with Crippen LogP contribution in [0.4, 0.5) is 0 Å². The first-order valence-corrected chi connectivity index (χ1v) is 4.62. The minimum atomic E-state index is 0.0307. The Morgan fingerprint density at radius 3 is 2.86 bits per heavy atom. The van der Waals surface area contributed by atoms with Crippen molar-refractivity contribution < 1.29 is 4.79 Å². The van der Waals surface area contributed by atoms with Gasteiger partial charge in [-0.1, -0.05) is 0 Å². The Balaban J connectivity index is 2.36. The van der Waals surface area contributed by atoms with Crippen LogP contribution in [0.25, 0.3) is 0 Å². The van der Waals surface area contributed by atoms with E-state index in [9.17, 15) is 9.59 Å². The van der Waals surface area contributed by atoms with Crippen molar-refractivity contribution in [3.63, 3.8) is 0 Å². The molecule has 14 heavy (non-hydrogen) atoms. The van der Waals surface area contributed by atoms with E-state index in [1.54, 1.807) is 18.9 Å². The summed E-state index contributed by atoms with van der Waals surface area (Å²) in [4.78, 5) is 24.4.